The van der Waals surface area contributed by atoms with Crippen LogP contribution in [0.15, 0.2) is 9.98 Å². The summed E-state index contributed by atoms with van der Waals surface area (Å²) in [5.74, 6) is 1.70. The lowest BCUT2D eigenvalue weighted by molar-refractivity contribution is 0.252. The van der Waals surface area contributed by atoms with Gasteiger partial charge in [0.05, 0.1) is 11.1 Å². The van der Waals surface area contributed by atoms with Crippen molar-refractivity contribution in [2.45, 2.75) is 58.5 Å². The first-order chi connectivity index (χ1) is 8.33. The van der Waals surface area contributed by atoms with E-state index < -0.39 is 0 Å². The van der Waals surface area contributed by atoms with Crippen LogP contribution in [-0.4, -0.2) is 36.1 Å². The summed E-state index contributed by atoms with van der Waals surface area (Å²) < 4.78 is 11.5. The number of ether oxygens (including phenoxy) is 2. The van der Waals surface area contributed by atoms with Gasteiger partial charge in [-0.25, -0.2) is 9.98 Å². The maximum Gasteiger partial charge on any atom is 0.196 e. The van der Waals surface area contributed by atoms with Crippen LogP contribution in [0.5, 0.6) is 0 Å². The van der Waals surface area contributed by atoms with Gasteiger partial charge >= 0.3 is 0 Å². The zero-order valence-electron chi connectivity index (χ0n) is 12.1. The second-order valence-corrected chi connectivity index (χ2v) is 6.44. The number of rotatable bonds is 4. The summed E-state index contributed by atoms with van der Waals surface area (Å²) in [5.41, 5.74) is -0.230. The standard InChI is InChI=1S/C14H24N2O2/c1-6-7-10(11-15-13(2,3)8-17-11)12-16-14(4,5)9-18-12/h10H,6-9H2,1-5H3. The Morgan fingerprint density at radius 3 is 1.72 bits per heavy atom. The fourth-order valence-corrected chi connectivity index (χ4v) is 2.23. The first kappa shape index (κ1) is 13.4. The van der Waals surface area contributed by atoms with Crippen molar-refractivity contribution >= 4 is 11.8 Å². The Morgan fingerprint density at radius 1 is 1.00 bits per heavy atom. The highest BCUT2D eigenvalue weighted by atomic mass is 16.5. The number of hydrogen-bond acceptors (Lipinski definition) is 4. The van der Waals surface area contributed by atoms with Crippen molar-refractivity contribution in [2.75, 3.05) is 13.2 Å². The van der Waals surface area contributed by atoms with E-state index in [9.17, 15) is 0 Å². The summed E-state index contributed by atoms with van der Waals surface area (Å²) >= 11 is 0. The summed E-state index contributed by atoms with van der Waals surface area (Å²) in [7, 11) is 0. The van der Waals surface area contributed by atoms with E-state index in [1.807, 2.05) is 0 Å². The van der Waals surface area contributed by atoms with E-state index in [1.54, 1.807) is 0 Å². The third-order valence-corrected chi connectivity index (χ3v) is 3.15. The number of nitrogens with zero attached hydrogens (tertiary/aromatic N) is 2. The van der Waals surface area contributed by atoms with Crippen LogP contribution in [-0.2, 0) is 9.47 Å². The van der Waals surface area contributed by atoms with Gasteiger partial charge in [-0.2, -0.15) is 0 Å². The van der Waals surface area contributed by atoms with Crippen LogP contribution in [0.3, 0.4) is 0 Å². The van der Waals surface area contributed by atoms with Crippen molar-refractivity contribution < 1.29 is 9.47 Å². The second-order valence-electron chi connectivity index (χ2n) is 6.44. The molecule has 0 bridgehead atoms. The minimum absolute atomic E-state index is 0.0959. The largest absolute Gasteiger partial charge is 0.478 e. The Hall–Kier alpha value is -1.06. The molecule has 102 valence electrons. The molecule has 0 amide bonds. The third kappa shape index (κ3) is 2.85. The molecule has 4 heteroatoms. The highest BCUT2D eigenvalue weighted by molar-refractivity contribution is 6.01. The summed E-state index contributed by atoms with van der Waals surface area (Å²) in [4.78, 5) is 9.33. The minimum Gasteiger partial charge on any atom is -0.478 e. The van der Waals surface area contributed by atoms with Crippen molar-refractivity contribution in [1.29, 1.82) is 0 Å². The molecule has 0 saturated heterocycles. The van der Waals surface area contributed by atoms with Gasteiger partial charge in [0.1, 0.15) is 19.1 Å². The lowest BCUT2D eigenvalue weighted by Crippen LogP contribution is -2.24. The molecule has 4 nitrogen and oxygen atoms in total. The molecule has 0 fully saturated rings. The van der Waals surface area contributed by atoms with Gasteiger partial charge in [0, 0.05) is 0 Å². The van der Waals surface area contributed by atoms with Gasteiger partial charge in [-0.1, -0.05) is 13.3 Å². The zero-order valence-corrected chi connectivity index (χ0v) is 12.1. The van der Waals surface area contributed by atoms with Crippen LogP contribution in [0.4, 0.5) is 0 Å². The summed E-state index contributed by atoms with van der Waals surface area (Å²) in [6.07, 6.45) is 2.04. The molecule has 0 atom stereocenters. The SMILES string of the molecule is CCCC(C1=NC(C)(C)CO1)C1=NC(C)(C)CO1. The van der Waals surface area contributed by atoms with Gasteiger partial charge in [-0.05, 0) is 34.1 Å². The zero-order chi connectivity index (χ0) is 13.4. The molecule has 0 radical (unpaired) electrons. The Morgan fingerprint density at radius 2 is 1.44 bits per heavy atom. The van der Waals surface area contributed by atoms with Crippen LogP contribution >= 0.6 is 0 Å². The Balaban J connectivity index is 2.20. The van der Waals surface area contributed by atoms with E-state index in [0.29, 0.717) is 13.2 Å². The molecule has 2 aliphatic heterocycles. The molecule has 0 aromatic heterocycles. The predicted molar refractivity (Wildman–Crippen MR) is 73.3 cm³/mol. The van der Waals surface area contributed by atoms with E-state index in [-0.39, 0.29) is 17.0 Å². The molecular weight excluding hydrogens is 228 g/mol. The molecule has 0 spiro atoms. The van der Waals surface area contributed by atoms with Crippen molar-refractivity contribution in [3.63, 3.8) is 0 Å². The van der Waals surface area contributed by atoms with Gasteiger partial charge in [-0.15, -0.1) is 0 Å². The molecule has 0 unspecified atom stereocenters. The summed E-state index contributed by atoms with van der Waals surface area (Å²) in [6.45, 7) is 11.8. The van der Waals surface area contributed by atoms with Gasteiger partial charge in [-0.3, -0.25) is 0 Å². The highest BCUT2D eigenvalue weighted by Gasteiger charge is 2.37. The molecule has 2 aliphatic rings. The molecule has 0 aliphatic carbocycles. The topological polar surface area (TPSA) is 43.2 Å². The van der Waals surface area contributed by atoms with Crippen molar-refractivity contribution in [2.24, 2.45) is 15.9 Å². The maximum absolute atomic E-state index is 5.75. The van der Waals surface area contributed by atoms with Gasteiger partial charge in [0.15, 0.2) is 11.8 Å². The summed E-state index contributed by atoms with van der Waals surface area (Å²) in [6, 6.07) is 0. The molecule has 0 saturated carbocycles. The van der Waals surface area contributed by atoms with E-state index in [4.69, 9.17) is 9.47 Å². The van der Waals surface area contributed by atoms with Crippen LogP contribution in [0, 0.1) is 5.92 Å². The average molecular weight is 252 g/mol. The lowest BCUT2D eigenvalue weighted by atomic mass is 10.0. The lowest BCUT2D eigenvalue weighted by Gasteiger charge is -2.14. The van der Waals surface area contributed by atoms with Gasteiger partial charge in [0.25, 0.3) is 0 Å². The predicted octanol–water partition coefficient (Wildman–Crippen LogP) is 2.82. The third-order valence-electron chi connectivity index (χ3n) is 3.15. The van der Waals surface area contributed by atoms with Crippen LogP contribution in [0.25, 0.3) is 0 Å². The first-order valence-corrected chi connectivity index (χ1v) is 6.78. The van der Waals surface area contributed by atoms with Crippen molar-refractivity contribution in [3.8, 4) is 0 Å². The Kier molecular flexibility index (Phi) is 3.39. The smallest absolute Gasteiger partial charge is 0.196 e. The molecule has 2 heterocycles. The van der Waals surface area contributed by atoms with E-state index >= 15 is 0 Å². The number of aliphatic imine (C=N–C) groups is 2. The second kappa shape index (κ2) is 4.56. The first-order valence-electron chi connectivity index (χ1n) is 6.78. The van der Waals surface area contributed by atoms with E-state index in [0.717, 1.165) is 24.6 Å². The molecule has 0 aromatic carbocycles. The van der Waals surface area contributed by atoms with E-state index in [1.165, 1.54) is 0 Å². The van der Waals surface area contributed by atoms with Crippen molar-refractivity contribution in [1.82, 2.24) is 0 Å². The van der Waals surface area contributed by atoms with Crippen LogP contribution in [0.2, 0.25) is 0 Å². The average Bonchev–Trinajstić information content (AvgIpc) is 2.78. The Bertz CT molecular complexity index is 349. The fraction of sp³-hybridized carbons (Fsp3) is 0.857. The number of hydrogen-bond donors (Lipinski definition) is 0. The fourth-order valence-electron chi connectivity index (χ4n) is 2.23. The normalized spacial score (nSPS) is 24.6. The van der Waals surface area contributed by atoms with Crippen LogP contribution < -0.4 is 0 Å². The summed E-state index contributed by atoms with van der Waals surface area (Å²) in [5, 5.41) is 0. The van der Waals surface area contributed by atoms with Gasteiger partial charge < -0.3 is 9.47 Å². The minimum atomic E-state index is -0.115. The molecule has 2 rings (SSSR count). The van der Waals surface area contributed by atoms with E-state index in [2.05, 4.69) is 44.6 Å². The quantitative estimate of drug-likeness (QED) is 0.772. The van der Waals surface area contributed by atoms with Crippen LogP contribution in [0.1, 0.15) is 47.5 Å². The highest BCUT2D eigenvalue weighted by Crippen LogP contribution is 2.28. The maximum atomic E-state index is 5.75. The van der Waals surface area contributed by atoms with Crippen molar-refractivity contribution in [3.05, 3.63) is 0 Å². The molecule has 0 aromatic rings. The monoisotopic (exact) mass is 252 g/mol. The van der Waals surface area contributed by atoms with Gasteiger partial charge in [0.2, 0.25) is 0 Å². The molecule has 18 heavy (non-hydrogen) atoms. The Labute approximate surface area is 109 Å². The molecule has 0 N–H and O–H groups in total. The molecular formula is C14H24N2O2.